The number of carbonyl (C=O) groups excluding carboxylic acids is 1. The largest absolute Gasteiger partial charge is 0.388 e. The maximum absolute atomic E-state index is 12.1. The summed E-state index contributed by atoms with van der Waals surface area (Å²) >= 11 is 1.87. The second-order valence-corrected chi connectivity index (χ2v) is 6.93. The first-order valence-corrected chi connectivity index (χ1v) is 7.75. The molecule has 0 aromatic carbocycles. The van der Waals surface area contributed by atoms with Crippen LogP contribution >= 0.6 is 11.8 Å². The van der Waals surface area contributed by atoms with Gasteiger partial charge in [0.05, 0.1) is 11.6 Å². The summed E-state index contributed by atoms with van der Waals surface area (Å²) in [6.07, 6.45) is 1.54. The minimum absolute atomic E-state index is 0.0154. The highest BCUT2D eigenvalue weighted by Gasteiger charge is 2.31. The van der Waals surface area contributed by atoms with Crippen LogP contribution in [0.4, 0.5) is 0 Å². The molecule has 106 valence electrons. The second kappa shape index (κ2) is 6.78. The van der Waals surface area contributed by atoms with Crippen LogP contribution in [0, 0.1) is 5.92 Å². The molecule has 1 fully saturated rings. The molecule has 2 N–H and O–H groups in total. The van der Waals surface area contributed by atoms with Crippen LogP contribution < -0.4 is 5.32 Å². The molecule has 4 nitrogen and oxygen atoms in total. The van der Waals surface area contributed by atoms with Crippen LogP contribution in [-0.2, 0) is 4.79 Å². The van der Waals surface area contributed by atoms with E-state index < -0.39 is 5.60 Å². The van der Waals surface area contributed by atoms with Gasteiger partial charge in [-0.2, -0.15) is 11.8 Å². The van der Waals surface area contributed by atoms with Gasteiger partial charge in [-0.1, -0.05) is 13.8 Å². The summed E-state index contributed by atoms with van der Waals surface area (Å²) in [7, 11) is 3.83. The lowest BCUT2D eigenvalue weighted by molar-refractivity contribution is -0.128. The summed E-state index contributed by atoms with van der Waals surface area (Å²) in [6.45, 7) is 4.45. The van der Waals surface area contributed by atoms with E-state index in [0.717, 1.165) is 24.3 Å². The van der Waals surface area contributed by atoms with Gasteiger partial charge in [0.25, 0.3) is 0 Å². The van der Waals surface area contributed by atoms with Gasteiger partial charge in [-0.05, 0) is 44.4 Å². The topological polar surface area (TPSA) is 52.6 Å². The molecule has 18 heavy (non-hydrogen) atoms. The molecule has 0 aliphatic carbocycles. The maximum Gasteiger partial charge on any atom is 0.237 e. The molecule has 0 radical (unpaired) electrons. The molecule has 5 heteroatoms. The van der Waals surface area contributed by atoms with Gasteiger partial charge >= 0.3 is 0 Å². The Balaban J connectivity index is 2.48. The summed E-state index contributed by atoms with van der Waals surface area (Å²) in [5, 5.41) is 13.3. The number of nitrogens with zero attached hydrogens (tertiary/aromatic N) is 1. The van der Waals surface area contributed by atoms with Crippen LogP contribution in [0.3, 0.4) is 0 Å². The van der Waals surface area contributed by atoms with Gasteiger partial charge < -0.3 is 10.4 Å². The molecule has 0 saturated carbocycles. The number of hydrogen-bond donors (Lipinski definition) is 2. The van der Waals surface area contributed by atoms with E-state index in [2.05, 4.69) is 5.32 Å². The lowest BCUT2D eigenvalue weighted by Crippen LogP contribution is -2.52. The number of rotatable bonds is 5. The van der Waals surface area contributed by atoms with Crippen LogP contribution in [0.2, 0.25) is 0 Å². The lowest BCUT2D eigenvalue weighted by Gasteiger charge is -2.33. The number of thioether (sulfide) groups is 1. The van der Waals surface area contributed by atoms with E-state index in [1.54, 1.807) is 0 Å². The Hall–Kier alpha value is -0.260. The molecule has 1 heterocycles. The molecule has 0 spiro atoms. The fourth-order valence-corrected chi connectivity index (χ4v) is 3.67. The van der Waals surface area contributed by atoms with Gasteiger partial charge in [-0.25, -0.2) is 0 Å². The summed E-state index contributed by atoms with van der Waals surface area (Å²) in [5.41, 5.74) is -0.700. The number of carbonyl (C=O) groups is 1. The summed E-state index contributed by atoms with van der Waals surface area (Å²) in [6, 6.07) is -0.133. The van der Waals surface area contributed by atoms with Gasteiger partial charge in [0, 0.05) is 6.54 Å². The SMILES string of the molecule is CC(C)C(C(=O)NCC1(O)CCSCC1)N(C)C. The molecule has 1 amide bonds. The minimum atomic E-state index is -0.700. The highest BCUT2D eigenvalue weighted by molar-refractivity contribution is 7.99. The molecule has 1 rings (SSSR count). The van der Waals surface area contributed by atoms with Crippen molar-refractivity contribution in [1.82, 2.24) is 10.2 Å². The van der Waals surface area contributed by atoms with Gasteiger partial charge in [0.2, 0.25) is 5.91 Å². The Labute approximate surface area is 115 Å². The van der Waals surface area contributed by atoms with E-state index in [4.69, 9.17) is 0 Å². The van der Waals surface area contributed by atoms with Crippen LogP contribution in [-0.4, -0.2) is 59.7 Å². The van der Waals surface area contributed by atoms with Crippen molar-refractivity contribution in [2.75, 3.05) is 32.1 Å². The van der Waals surface area contributed by atoms with Crippen LogP contribution in [0.25, 0.3) is 0 Å². The first-order chi connectivity index (χ1) is 8.36. The highest BCUT2D eigenvalue weighted by atomic mass is 32.2. The number of hydrogen-bond acceptors (Lipinski definition) is 4. The Bertz CT molecular complexity index is 268. The molecular formula is C13H26N2O2S. The van der Waals surface area contributed by atoms with Crippen molar-refractivity contribution in [2.45, 2.75) is 38.3 Å². The quantitative estimate of drug-likeness (QED) is 0.784. The smallest absolute Gasteiger partial charge is 0.237 e. The van der Waals surface area contributed by atoms with Crippen molar-refractivity contribution in [3.63, 3.8) is 0 Å². The molecule has 0 aromatic rings. The molecular weight excluding hydrogens is 248 g/mol. The van der Waals surface area contributed by atoms with E-state index in [1.165, 1.54) is 0 Å². The molecule has 1 aliphatic rings. The van der Waals surface area contributed by atoms with Crippen molar-refractivity contribution in [3.05, 3.63) is 0 Å². The van der Waals surface area contributed by atoms with E-state index >= 15 is 0 Å². The van der Waals surface area contributed by atoms with Gasteiger partial charge in [0.1, 0.15) is 0 Å². The zero-order valence-electron chi connectivity index (χ0n) is 11.9. The van der Waals surface area contributed by atoms with E-state index in [0.29, 0.717) is 6.54 Å². The predicted molar refractivity (Wildman–Crippen MR) is 76.8 cm³/mol. The standard InChI is InChI=1S/C13H26N2O2S/c1-10(2)11(15(3)4)12(16)14-9-13(17)5-7-18-8-6-13/h10-11,17H,5-9H2,1-4H3,(H,14,16). The Morgan fingerprint density at radius 1 is 1.39 bits per heavy atom. The minimum Gasteiger partial charge on any atom is -0.388 e. The first-order valence-electron chi connectivity index (χ1n) is 6.60. The third-order valence-electron chi connectivity index (χ3n) is 3.47. The van der Waals surface area contributed by atoms with Crippen molar-refractivity contribution in [1.29, 1.82) is 0 Å². The van der Waals surface area contributed by atoms with E-state index in [9.17, 15) is 9.90 Å². The number of likely N-dealkylation sites (N-methyl/N-ethyl adjacent to an activating group) is 1. The first kappa shape index (κ1) is 15.8. The van der Waals surface area contributed by atoms with E-state index in [-0.39, 0.29) is 17.9 Å². The Morgan fingerprint density at radius 2 is 1.94 bits per heavy atom. The fourth-order valence-electron chi connectivity index (χ4n) is 2.42. The van der Waals surface area contributed by atoms with Crippen LogP contribution in [0.15, 0.2) is 0 Å². The Kier molecular flexibility index (Phi) is 5.95. The summed E-state index contributed by atoms with van der Waals surface area (Å²) < 4.78 is 0. The fraction of sp³-hybridized carbons (Fsp3) is 0.923. The molecule has 1 unspecified atom stereocenters. The predicted octanol–water partition coefficient (Wildman–Crippen LogP) is 0.947. The van der Waals surface area contributed by atoms with E-state index in [1.807, 2.05) is 44.6 Å². The van der Waals surface area contributed by atoms with Crippen molar-refractivity contribution < 1.29 is 9.90 Å². The summed E-state index contributed by atoms with van der Waals surface area (Å²) in [5.74, 6) is 2.24. The zero-order valence-corrected chi connectivity index (χ0v) is 12.7. The molecule has 1 saturated heterocycles. The molecule has 1 aliphatic heterocycles. The highest BCUT2D eigenvalue weighted by Crippen LogP contribution is 2.26. The second-order valence-electron chi connectivity index (χ2n) is 5.71. The number of nitrogens with one attached hydrogen (secondary N) is 1. The zero-order chi connectivity index (χ0) is 13.8. The van der Waals surface area contributed by atoms with Crippen molar-refractivity contribution in [2.24, 2.45) is 5.92 Å². The summed E-state index contributed by atoms with van der Waals surface area (Å²) in [4.78, 5) is 14.1. The average molecular weight is 274 g/mol. The monoisotopic (exact) mass is 274 g/mol. The van der Waals surface area contributed by atoms with Crippen molar-refractivity contribution >= 4 is 17.7 Å². The third kappa shape index (κ3) is 4.44. The molecule has 0 bridgehead atoms. The normalized spacial score (nSPS) is 21.1. The van der Waals surface area contributed by atoms with Gasteiger partial charge in [0.15, 0.2) is 0 Å². The maximum atomic E-state index is 12.1. The average Bonchev–Trinajstić information content (AvgIpc) is 2.26. The van der Waals surface area contributed by atoms with Crippen LogP contribution in [0.5, 0.6) is 0 Å². The third-order valence-corrected chi connectivity index (χ3v) is 4.46. The number of amides is 1. The lowest BCUT2D eigenvalue weighted by atomic mass is 9.96. The molecule has 0 aromatic heterocycles. The van der Waals surface area contributed by atoms with Crippen LogP contribution in [0.1, 0.15) is 26.7 Å². The number of aliphatic hydroxyl groups is 1. The van der Waals surface area contributed by atoms with Gasteiger partial charge in [-0.3, -0.25) is 9.69 Å². The van der Waals surface area contributed by atoms with Crippen molar-refractivity contribution in [3.8, 4) is 0 Å². The van der Waals surface area contributed by atoms with Gasteiger partial charge in [-0.15, -0.1) is 0 Å². The molecule has 1 atom stereocenters. The Morgan fingerprint density at radius 3 is 2.39 bits per heavy atom.